The lowest BCUT2D eigenvalue weighted by Crippen LogP contribution is -2.10. The van der Waals surface area contributed by atoms with Crippen LogP contribution in [0.25, 0.3) is 0 Å². The van der Waals surface area contributed by atoms with Crippen LogP contribution in [-0.2, 0) is 9.59 Å². The number of amides is 1. The summed E-state index contributed by atoms with van der Waals surface area (Å²) in [6, 6.07) is 6.92. The Labute approximate surface area is 118 Å². The Morgan fingerprint density at radius 1 is 1.30 bits per heavy atom. The summed E-state index contributed by atoms with van der Waals surface area (Å²) in [5, 5.41) is 11.3. The molecule has 0 aromatic heterocycles. The molecule has 0 atom stereocenters. The molecule has 0 bridgehead atoms. The number of nitrogens with one attached hydrogen (secondary N) is 1. The molecule has 0 fully saturated rings. The van der Waals surface area contributed by atoms with Gasteiger partial charge in [0.1, 0.15) is 5.75 Å². The van der Waals surface area contributed by atoms with Gasteiger partial charge < -0.3 is 15.2 Å². The maximum atomic E-state index is 11.5. The Kier molecular flexibility index (Phi) is 5.77. The number of hydrogen-bond acceptors (Lipinski definition) is 3. The highest BCUT2D eigenvalue weighted by Gasteiger charge is 2.05. The standard InChI is InChI=1S/C15H19NO4/c1-10(2)9-20-13-6-4-12(5-7-13)16-14(17)8-11(3)15(18)19/h4-8,10H,9H2,1-3H3,(H,16,17)(H,18,19)/b11-8+. The van der Waals surface area contributed by atoms with Crippen LogP contribution >= 0.6 is 0 Å². The molecule has 0 radical (unpaired) electrons. The molecule has 108 valence electrons. The summed E-state index contributed by atoms with van der Waals surface area (Å²) in [4.78, 5) is 22.1. The van der Waals surface area contributed by atoms with Gasteiger partial charge in [0.25, 0.3) is 0 Å². The Morgan fingerprint density at radius 3 is 2.40 bits per heavy atom. The third kappa shape index (κ3) is 5.56. The van der Waals surface area contributed by atoms with Crippen LogP contribution in [0.1, 0.15) is 20.8 Å². The van der Waals surface area contributed by atoms with Crippen LogP contribution in [0.2, 0.25) is 0 Å². The summed E-state index contributed by atoms with van der Waals surface area (Å²) >= 11 is 0. The van der Waals surface area contributed by atoms with Crippen molar-refractivity contribution >= 4 is 17.6 Å². The minimum Gasteiger partial charge on any atom is -0.493 e. The van der Waals surface area contributed by atoms with Gasteiger partial charge in [-0.3, -0.25) is 4.79 Å². The maximum absolute atomic E-state index is 11.5. The molecule has 0 heterocycles. The first-order chi connectivity index (χ1) is 9.38. The Bertz CT molecular complexity index is 503. The van der Waals surface area contributed by atoms with E-state index >= 15 is 0 Å². The highest BCUT2D eigenvalue weighted by atomic mass is 16.5. The zero-order valence-corrected chi connectivity index (χ0v) is 11.8. The largest absolute Gasteiger partial charge is 0.493 e. The van der Waals surface area contributed by atoms with Gasteiger partial charge in [0.15, 0.2) is 0 Å². The van der Waals surface area contributed by atoms with Crippen molar-refractivity contribution in [1.29, 1.82) is 0 Å². The smallest absolute Gasteiger partial charge is 0.331 e. The minimum atomic E-state index is -1.11. The zero-order chi connectivity index (χ0) is 15.1. The second-order valence-electron chi connectivity index (χ2n) is 4.85. The highest BCUT2D eigenvalue weighted by Crippen LogP contribution is 2.16. The number of carboxylic acids is 1. The van der Waals surface area contributed by atoms with Crippen LogP contribution in [0.15, 0.2) is 35.9 Å². The van der Waals surface area contributed by atoms with E-state index in [9.17, 15) is 9.59 Å². The van der Waals surface area contributed by atoms with Crippen molar-refractivity contribution in [3.63, 3.8) is 0 Å². The van der Waals surface area contributed by atoms with E-state index in [4.69, 9.17) is 9.84 Å². The van der Waals surface area contributed by atoms with E-state index < -0.39 is 11.9 Å². The Balaban J connectivity index is 2.59. The Morgan fingerprint density at radius 2 is 1.90 bits per heavy atom. The molecule has 0 spiro atoms. The molecule has 1 aromatic rings. The zero-order valence-electron chi connectivity index (χ0n) is 11.8. The topological polar surface area (TPSA) is 75.6 Å². The molecular weight excluding hydrogens is 258 g/mol. The van der Waals surface area contributed by atoms with Gasteiger partial charge in [-0.1, -0.05) is 13.8 Å². The van der Waals surface area contributed by atoms with E-state index in [1.165, 1.54) is 6.92 Å². The predicted octanol–water partition coefficient (Wildman–Crippen LogP) is 2.69. The first-order valence-corrected chi connectivity index (χ1v) is 6.34. The van der Waals surface area contributed by atoms with E-state index in [0.717, 1.165) is 11.8 Å². The summed E-state index contributed by atoms with van der Waals surface area (Å²) in [6.07, 6.45) is 1.05. The van der Waals surface area contributed by atoms with Crippen molar-refractivity contribution in [3.05, 3.63) is 35.9 Å². The second kappa shape index (κ2) is 7.33. The van der Waals surface area contributed by atoms with Gasteiger partial charge in [-0.05, 0) is 37.1 Å². The number of carbonyl (C=O) groups is 2. The van der Waals surface area contributed by atoms with Gasteiger partial charge in [0.2, 0.25) is 5.91 Å². The fourth-order valence-electron chi connectivity index (χ4n) is 1.33. The second-order valence-corrected chi connectivity index (χ2v) is 4.85. The lowest BCUT2D eigenvalue weighted by Gasteiger charge is -2.09. The quantitative estimate of drug-likeness (QED) is 0.784. The molecule has 20 heavy (non-hydrogen) atoms. The van der Waals surface area contributed by atoms with Gasteiger partial charge >= 0.3 is 5.97 Å². The highest BCUT2D eigenvalue weighted by molar-refractivity contribution is 6.04. The SMILES string of the molecule is C/C(=C\C(=O)Nc1ccc(OCC(C)C)cc1)C(=O)O. The molecule has 1 aromatic carbocycles. The lowest BCUT2D eigenvalue weighted by molar-refractivity contribution is -0.132. The molecule has 0 aliphatic rings. The predicted molar refractivity (Wildman–Crippen MR) is 76.8 cm³/mol. The monoisotopic (exact) mass is 277 g/mol. The number of carboxylic acid groups (broad SMARTS) is 1. The third-order valence-corrected chi connectivity index (χ3v) is 2.39. The van der Waals surface area contributed by atoms with Gasteiger partial charge in [-0.15, -0.1) is 0 Å². The summed E-state index contributed by atoms with van der Waals surface area (Å²) in [5.74, 6) is -0.411. The van der Waals surface area contributed by atoms with Crippen LogP contribution in [0.3, 0.4) is 0 Å². The first kappa shape index (κ1) is 15.8. The van der Waals surface area contributed by atoms with Crippen LogP contribution in [-0.4, -0.2) is 23.6 Å². The fraction of sp³-hybridized carbons (Fsp3) is 0.333. The Hall–Kier alpha value is -2.30. The molecule has 5 heteroatoms. The molecule has 0 saturated carbocycles. The molecule has 0 unspecified atom stereocenters. The van der Waals surface area contributed by atoms with Gasteiger partial charge in [0.05, 0.1) is 6.61 Å². The maximum Gasteiger partial charge on any atom is 0.331 e. The summed E-state index contributed by atoms with van der Waals surface area (Å²) in [6.45, 7) is 6.12. The van der Waals surface area contributed by atoms with Crippen LogP contribution in [0.5, 0.6) is 5.75 Å². The van der Waals surface area contributed by atoms with Crippen LogP contribution in [0, 0.1) is 5.92 Å². The van der Waals surface area contributed by atoms with Gasteiger partial charge in [-0.25, -0.2) is 4.79 Å². The average Bonchev–Trinajstić information content (AvgIpc) is 2.37. The minimum absolute atomic E-state index is 0.0145. The number of ether oxygens (including phenoxy) is 1. The number of anilines is 1. The normalized spacial score (nSPS) is 11.3. The van der Waals surface area contributed by atoms with E-state index in [-0.39, 0.29) is 5.57 Å². The molecule has 1 rings (SSSR count). The van der Waals surface area contributed by atoms with Crippen LogP contribution in [0.4, 0.5) is 5.69 Å². The van der Waals surface area contributed by atoms with E-state index in [1.54, 1.807) is 24.3 Å². The molecule has 2 N–H and O–H groups in total. The van der Waals surface area contributed by atoms with E-state index in [2.05, 4.69) is 19.2 Å². The number of benzene rings is 1. The van der Waals surface area contributed by atoms with Crippen molar-refractivity contribution < 1.29 is 19.4 Å². The van der Waals surface area contributed by atoms with Crippen molar-refractivity contribution in [2.45, 2.75) is 20.8 Å². The third-order valence-electron chi connectivity index (χ3n) is 2.39. The van der Waals surface area contributed by atoms with Crippen molar-refractivity contribution in [2.24, 2.45) is 5.92 Å². The first-order valence-electron chi connectivity index (χ1n) is 6.34. The molecule has 0 aliphatic carbocycles. The number of aliphatic carboxylic acids is 1. The number of rotatable bonds is 6. The molecule has 1 amide bonds. The summed E-state index contributed by atoms with van der Waals surface area (Å²) < 4.78 is 5.52. The van der Waals surface area contributed by atoms with Crippen molar-refractivity contribution in [1.82, 2.24) is 0 Å². The average molecular weight is 277 g/mol. The number of hydrogen-bond donors (Lipinski definition) is 2. The van der Waals surface area contributed by atoms with E-state index in [0.29, 0.717) is 18.2 Å². The molecular formula is C15H19NO4. The number of carbonyl (C=O) groups excluding carboxylic acids is 1. The summed E-state index contributed by atoms with van der Waals surface area (Å²) in [7, 11) is 0. The van der Waals surface area contributed by atoms with Gasteiger partial charge in [-0.2, -0.15) is 0 Å². The molecule has 0 saturated heterocycles. The van der Waals surface area contributed by atoms with Gasteiger partial charge in [0, 0.05) is 17.3 Å². The van der Waals surface area contributed by atoms with Crippen LogP contribution < -0.4 is 10.1 Å². The lowest BCUT2D eigenvalue weighted by atomic mass is 10.2. The van der Waals surface area contributed by atoms with Crippen molar-refractivity contribution in [2.75, 3.05) is 11.9 Å². The van der Waals surface area contributed by atoms with E-state index in [1.807, 2.05) is 0 Å². The molecule has 0 aliphatic heterocycles. The molecule has 5 nitrogen and oxygen atoms in total. The summed E-state index contributed by atoms with van der Waals surface area (Å²) in [5.41, 5.74) is 0.570. The fourth-order valence-corrected chi connectivity index (χ4v) is 1.33. The van der Waals surface area contributed by atoms with Crippen molar-refractivity contribution in [3.8, 4) is 5.75 Å².